The topological polar surface area (TPSA) is 121 Å². The minimum atomic E-state index is -3.40. The van der Waals surface area contributed by atoms with Crippen LogP contribution >= 0.6 is 0 Å². The fourth-order valence-electron chi connectivity index (χ4n) is 1.74. The van der Waals surface area contributed by atoms with Crippen LogP contribution in [0.4, 0.5) is 10.6 Å². The first-order valence-electron chi connectivity index (χ1n) is 6.25. The molecule has 1 aliphatic carbocycles. The van der Waals surface area contributed by atoms with E-state index >= 15 is 0 Å². The third kappa shape index (κ3) is 3.56. The van der Waals surface area contributed by atoms with Crippen LogP contribution in [0.1, 0.15) is 37.9 Å². The van der Waals surface area contributed by atoms with Crippen molar-refractivity contribution in [3.8, 4) is 0 Å². The van der Waals surface area contributed by atoms with Crippen LogP contribution in [0.2, 0.25) is 0 Å². The Morgan fingerprint density at radius 1 is 1.50 bits per heavy atom. The Balaban J connectivity index is 2.16. The summed E-state index contributed by atoms with van der Waals surface area (Å²) < 4.78 is 26.0. The van der Waals surface area contributed by atoms with E-state index in [1.807, 2.05) is 0 Å². The van der Waals surface area contributed by atoms with Gasteiger partial charge in [-0.3, -0.25) is 9.71 Å². The Labute approximate surface area is 116 Å². The number of nitrogens with one attached hydrogen (secondary N) is 2. The van der Waals surface area contributed by atoms with Crippen molar-refractivity contribution < 1.29 is 18.3 Å². The molecule has 1 saturated carbocycles. The number of hydrogen-bond acceptors (Lipinski definition) is 5. The molecule has 1 unspecified atom stereocenters. The van der Waals surface area contributed by atoms with Crippen LogP contribution in [-0.2, 0) is 10.0 Å². The number of hydrogen-bond donors (Lipinski definition) is 3. The van der Waals surface area contributed by atoms with E-state index in [0.29, 0.717) is 25.0 Å². The molecule has 110 valence electrons. The minimum absolute atomic E-state index is 0.111. The number of carboxylic acid groups (broad SMARTS) is 1. The molecule has 1 aromatic rings. The SMILES string of the molecule is CCC(NC(=O)O)c1cncc(NS(=O)(=O)C2CC2)n1. The first-order valence-corrected chi connectivity index (χ1v) is 7.80. The van der Waals surface area contributed by atoms with Gasteiger partial charge in [0.1, 0.15) is 0 Å². The molecular formula is C11H16N4O4S. The Morgan fingerprint density at radius 2 is 2.20 bits per heavy atom. The number of carbonyl (C=O) groups is 1. The van der Waals surface area contributed by atoms with Crippen LogP contribution in [0, 0.1) is 0 Å². The van der Waals surface area contributed by atoms with Crippen molar-refractivity contribution in [3.63, 3.8) is 0 Å². The zero-order valence-electron chi connectivity index (χ0n) is 10.9. The molecule has 20 heavy (non-hydrogen) atoms. The van der Waals surface area contributed by atoms with Crippen LogP contribution in [0.5, 0.6) is 0 Å². The number of rotatable bonds is 6. The second kappa shape index (κ2) is 5.61. The highest BCUT2D eigenvalue weighted by Crippen LogP contribution is 2.29. The van der Waals surface area contributed by atoms with Gasteiger partial charge in [-0.2, -0.15) is 0 Å². The van der Waals surface area contributed by atoms with Crippen LogP contribution in [-0.4, -0.2) is 34.8 Å². The summed E-state index contributed by atoms with van der Waals surface area (Å²) >= 11 is 0. The maximum Gasteiger partial charge on any atom is 0.405 e. The normalized spacial score (nSPS) is 16.4. The predicted molar refractivity (Wildman–Crippen MR) is 71.8 cm³/mol. The predicted octanol–water partition coefficient (Wildman–Crippen LogP) is 1.10. The molecule has 0 radical (unpaired) electrons. The van der Waals surface area contributed by atoms with E-state index in [2.05, 4.69) is 20.0 Å². The molecule has 1 fully saturated rings. The molecule has 2 rings (SSSR count). The Morgan fingerprint density at radius 3 is 2.75 bits per heavy atom. The summed E-state index contributed by atoms with van der Waals surface area (Å²) in [5.74, 6) is 0.111. The van der Waals surface area contributed by atoms with Crippen LogP contribution < -0.4 is 10.0 Å². The highest BCUT2D eigenvalue weighted by Gasteiger charge is 2.36. The van der Waals surface area contributed by atoms with Crippen LogP contribution in [0.3, 0.4) is 0 Å². The molecule has 8 nitrogen and oxygen atoms in total. The van der Waals surface area contributed by atoms with Gasteiger partial charge in [0, 0.05) is 0 Å². The van der Waals surface area contributed by atoms with Crippen LogP contribution in [0.15, 0.2) is 12.4 Å². The number of anilines is 1. The molecule has 0 saturated heterocycles. The maximum atomic E-state index is 11.8. The summed E-state index contributed by atoms with van der Waals surface area (Å²) in [5, 5.41) is 10.7. The summed E-state index contributed by atoms with van der Waals surface area (Å²) in [4.78, 5) is 18.7. The van der Waals surface area contributed by atoms with Gasteiger partial charge in [0.05, 0.1) is 29.4 Å². The molecular weight excluding hydrogens is 284 g/mol. The Hall–Kier alpha value is -1.90. The van der Waals surface area contributed by atoms with E-state index in [-0.39, 0.29) is 11.1 Å². The van der Waals surface area contributed by atoms with Gasteiger partial charge in [0.2, 0.25) is 10.0 Å². The maximum absolute atomic E-state index is 11.8. The van der Waals surface area contributed by atoms with Gasteiger partial charge in [0.15, 0.2) is 5.82 Å². The molecule has 1 heterocycles. The van der Waals surface area contributed by atoms with Gasteiger partial charge in [-0.1, -0.05) is 6.92 Å². The monoisotopic (exact) mass is 300 g/mol. The summed E-state index contributed by atoms with van der Waals surface area (Å²) in [5.41, 5.74) is 0.380. The molecule has 3 N–H and O–H groups in total. The minimum Gasteiger partial charge on any atom is -0.465 e. The van der Waals surface area contributed by atoms with Crippen molar-refractivity contribution >= 4 is 21.9 Å². The van der Waals surface area contributed by atoms with Gasteiger partial charge in [0.25, 0.3) is 0 Å². The molecule has 1 amide bonds. The number of aromatic nitrogens is 2. The molecule has 0 aromatic carbocycles. The largest absolute Gasteiger partial charge is 0.465 e. The van der Waals surface area contributed by atoms with Gasteiger partial charge in [-0.05, 0) is 19.3 Å². The molecule has 0 spiro atoms. The van der Waals surface area contributed by atoms with Crippen molar-refractivity contribution in [3.05, 3.63) is 18.1 Å². The zero-order valence-corrected chi connectivity index (χ0v) is 11.7. The molecule has 1 atom stereocenters. The Bertz CT molecular complexity index is 600. The van der Waals surface area contributed by atoms with Crippen molar-refractivity contribution in [1.29, 1.82) is 0 Å². The fraction of sp³-hybridized carbons (Fsp3) is 0.545. The van der Waals surface area contributed by atoms with E-state index < -0.39 is 22.2 Å². The van der Waals surface area contributed by atoms with E-state index in [1.165, 1.54) is 12.4 Å². The Kier molecular flexibility index (Phi) is 4.07. The van der Waals surface area contributed by atoms with E-state index in [0.717, 1.165) is 0 Å². The number of sulfonamides is 1. The zero-order chi connectivity index (χ0) is 14.8. The quantitative estimate of drug-likeness (QED) is 0.723. The van der Waals surface area contributed by atoms with Gasteiger partial charge in [-0.15, -0.1) is 0 Å². The van der Waals surface area contributed by atoms with Crippen LogP contribution in [0.25, 0.3) is 0 Å². The molecule has 9 heteroatoms. The van der Waals surface area contributed by atoms with Gasteiger partial charge >= 0.3 is 6.09 Å². The number of amides is 1. The molecule has 0 bridgehead atoms. The second-order valence-electron chi connectivity index (χ2n) is 4.59. The molecule has 1 aliphatic rings. The van der Waals surface area contributed by atoms with E-state index in [4.69, 9.17) is 5.11 Å². The smallest absolute Gasteiger partial charge is 0.405 e. The van der Waals surface area contributed by atoms with E-state index in [1.54, 1.807) is 6.92 Å². The van der Waals surface area contributed by atoms with E-state index in [9.17, 15) is 13.2 Å². The summed E-state index contributed by atoms with van der Waals surface area (Å²) in [6.45, 7) is 1.79. The summed E-state index contributed by atoms with van der Waals surface area (Å²) in [6, 6.07) is -0.523. The highest BCUT2D eigenvalue weighted by molar-refractivity contribution is 7.93. The third-order valence-corrected chi connectivity index (χ3v) is 4.77. The van der Waals surface area contributed by atoms with Gasteiger partial charge in [-0.25, -0.2) is 18.2 Å². The summed E-state index contributed by atoms with van der Waals surface area (Å²) in [6.07, 6.45) is 3.35. The molecule has 1 aromatic heterocycles. The number of nitrogens with zero attached hydrogens (tertiary/aromatic N) is 2. The lowest BCUT2D eigenvalue weighted by Crippen LogP contribution is -2.27. The lowest BCUT2D eigenvalue weighted by Gasteiger charge is -2.15. The van der Waals surface area contributed by atoms with Gasteiger partial charge < -0.3 is 10.4 Å². The summed E-state index contributed by atoms with van der Waals surface area (Å²) in [7, 11) is -3.40. The fourth-order valence-corrected chi connectivity index (χ4v) is 3.05. The second-order valence-corrected chi connectivity index (χ2v) is 6.55. The third-order valence-electron chi connectivity index (χ3n) is 2.93. The molecule has 0 aliphatic heterocycles. The van der Waals surface area contributed by atoms with Crippen molar-refractivity contribution in [2.45, 2.75) is 37.5 Å². The first kappa shape index (κ1) is 14.5. The standard InChI is InChI=1S/C11H16N4O4S/c1-2-8(14-11(16)17)9-5-12-6-10(13-9)15-20(18,19)7-3-4-7/h5-8,14H,2-4H2,1H3,(H,13,15)(H,16,17). The lowest BCUT2D eigenvalue weighted by molar-refractivity contribution is 0.189. The van der Waals surface area contributed by atoms with Crippen molar-refractivity contribution in [2.75, 3.05) is 4.72 Å². The average molecular weight is 300 g/mol. The van der Waals surface area contributed by atoms with Crippen molar-refractivity contribution in [2.24, 2.45) is 0 Å². The lowest BCUT2D eigenvalue weighted by atomic mass is 10.1. The highest BCUT2D eigenvalue weighted by atomic mass is 32.2. The average Bonchev–Trinajstić information content (AvgIpc) is 3.20. The first-order chi connectivity index (χ1) is 9.42. The van der Waals surface area contributed by atoms with Crippen molar-refractivity contribution in [1.82, 2.24) is 15.3 Å².